The van der Waals surface area contributed by atoms with Gasteiger partial charge in [0.05, 0.1) is 48.4 Å². The van der Waals surface area contributed by atoms with Crippen molar-refractivity contribution in [1.29, 1.82) is 0 Å². The smallest absolute Gasteiger partial charge is 0.297 e. The molecule has 2 aromatic carbocycles. The molecule has 1 saturated carbocycles. The summed E-state index contributed by atoms with van der Waals surface area (Å²) in [5, 5.41) is 0. The number of hydrogen-bond acceptors (Lipinski definition) is 8. The number of benzene rings is 2. The Balaban J connectivity index is 1.41. The van der Waals surface area contributed by atoms with E-state index < -0.39 is 20.2 Å². The highest BCUT2D eigenvalue weighted by Crippen LogP contribution is 2.24. The van der Waals surface area contributed by atoms with Crippen molar-refractivity contribution in [1.82, 2.24) is 0 Å². The molecule has 0 unspecified atom stereocenters. The maximum atomic E-state index is 12.3. The SMILES string of the molecule is Cc1ccc(S(=O)(=O)OCCO[C@H]2CCCC[C@H]2OCCOS(=O)(=O)c2ccc(C)cc2)cc1. The van der Waals surface area contributed by atoms with Gasteiger partial charge in [0.1, 0.15) is 0 Å². The fourth-order valence-electron chi connectivity index (χ4n) is 3.68. The molecule has 0 bridgehead atoms. The topological polar surface area (TPSA) is 105 Å². The molecule has 2 atom stereocenters. The van der Waals surface area contributed by atoms with Gasteiger partial charge in [-0.2, -0.15) is 16.8 Å². The monoisotopic (exact) mass is 512 g/mol. The molecule has 8 nitrogen and oxygen atoms in total. The van der Waals surface area contributed by atoms with E-state index in [1.807, 2.05) is 13.8 Å². The van der Waals surface area contributed by atoms with Crippen LogP contribution in [0.2, 0.25) is 0 Å². The van der Waals surface area contributed by atoms with Gasteiger partial charge in [-0.05, 0) is 51.0 Å². The van der Waals surface area contributed by atoms with Gasteiger partial charge in [0, 0.05) is 0 Å². The molecule has 188 valence electrons. The molecule has 1 aliphatic rings. The summed E-state index contributed by atoms with van der Waals surface area (Å²) in [6.45, 7) is 3.77. The van der Waals surface area contributed by atoms with Gasteiger partial charge in [-0.3, -0.25) is 8.37 Å². The fourth-order valence-corrected chi connectivity index (χ4v) is 5.46. The second-order valence-electron chi connectivity index (χ2n) is 8.28. The summed E-state index contributed by atoms with van der Waals surface area (Å²) in [5.74, 6) is 0. The summed E-state index contributed by atoms with van der Waals surface area (Å²) in [6, 6.07) is 12.9. The first kappa shape index (κ1) is 26.8. The van der Waals surface area contributed by atoms with Crippen molar-refractivity contribution in [3.05, 3.63) is 59.7 Å². The standard InChI is InChI=1S/C24H32O8S2/c1-19-7-11-21(12-8-19)33(25,26)31-17-15-29-23-5-3-4-6-24(23)30-16-18-32-34(27,28)22-13-9-20(2)10-14-22/h7-14,23-24H,3-6,15-18H2,1-2H3/t23-,24+. The van der Waals surface area contributed by atoms with Gasteiger partial charge in [-0.25, -0.2) is 0 Å². The molecule has 2 aromatic rings. The van der Waals surface area contributed by atoms with E-state index in [2.05, 4.69) is 0 Å². The van der Waals surface area contributed by atoms with Crippen molar-refractivity contribution >= 4 is 20.2 Å². The molecule has 3 rings (SSSR count). The Bertz CT molecular complexity index is 1020. The molecule has 0 aliphatic heterocycles. The average Bonchev–Trinajstić information content (AvgIpc) is 2.81. The zero-order chi connectivity index (χ0) is 24.6. The highest BCUT2D eigenvalue weighted by atomic mass is 32.2. The summed E-state index contributed by atoms with van der Waals surface area (Å²) in [6.07, 6.45) is 3.08. The van der Waals surface area contributed by atoms with Crippen LogP contribution < -0.4 is 0 Å². The van der Waals surface area contributed by atoms with E-state index in [4.69, 9.17) is 17.8 Å². The van der Waals surface area contributed by atoms with Crippen LogP contribution in [0.5, 0.6) is 0 Å². The van der Waals surface area contributed by atoms with E-state index in [1.165, 1.54) is 24.3 Å². The number of aryl methyl sites for hydroxylation is 2. The summed E-state index contributed by atoms with van der Waals surface area (Å²) in [7, 11) is -7.67. The van der Waals surface area contributed by atoms with Crippen molar-refractivity contribution in [3.8, 4) is 0 Å². The van der Waals surface area contributed by atoms with Gasteiger partial charge in [0.25, 0.3) is 20.2 Å². The quantitative estimate of drug-likeness (QED) is 0.313. The van der Waals surface area contributed by atoms with Crippen LogP contribution in [0.15, 0.2) is 58.3 Å². The van der Waals surface area contributed by atoms with E-state index in [9.17, 15) is 16.8 Å². The summed E-state index contributed by atoms with van der Waals surface area (Å²) < 4.78 is 70.9. The molecule has 1 aliphatic carbocycles. The van der Waals surface area contributed by atoms with Crippen LogP contribution in [-0.4, -0.2) is 55.5 Å². The third kappa shape index (κ3) is 7.86. The molecule has 10 heteroatoms. The number of hydrogen-bond donors (Lipinski definition) is 0. The van der Waals surface area contributed by atoms with Gasteiger partial charge in [-0.1, -0.05) is 48.2 Å². The Morgan fingerprint density at radius 2 is 0.971 bits per heavy atom. The maximum Gasteiger partial charge on any atom is 0.297 e. The zero-order valence-electron chi connectivity index (χ0n) is 19.5. The van der Waals surface area contributed by atoms with Crippen molar-refractivity contribution in [3.63, 3.8) is 0 Å². The van der Waals surface area contributed by atoms with Gasteiger partial charge < -0.3 is 9.47 Å². The van der Waals surface area contributed by atoms with Crippen LogP contribution in [-0.2, 0) is 38.1 Å². The highest BCUT2D eigenvalue weighted by molar-refractivity contribution is 7.87. The largest absolute Gasteiger partial charge is 0.373 e. The maximum absolute atomic E-state index is 12.3. The molecule has 0 amide bonds. The molecule has 0 spiro atoms. The molecule has 0 radical (unpaired) electrons. The lowest BCUT2D eigenvalue weighted by Crippen LogP contribution is -2.36. The first-order valence-corrected chi connectivity index (χ1v) is 14.1. The predicted molar refractivity (Wildman–Crippen MR) is 127 cm³/mol. The highest BCUT2D eigenvalue weighted by Gasteiger charge is 2.27. The van der Waals surface area contributed by atoms with Gasteiger partial charge in [0.15, 0.2) is 0 Å². The van der Waals surface area contributed by atoms with Crippen LogP contribution in [0.3, 0.4) is 0 Å². The summed E-state index contributed by atoms with van der Waals surface area (Å²) in [4.78, 5) is 0.218. The Labute approximate surface area is 202 Å². The van der Waals surface area contributed by atoms with Crippen LogP contribution in [0, 0.1) is 13.8 Å². The second-order valence-corrected chi connectivity index (χ2v) is 11.5. The minimum atomic E-state index is -3.84. The molecular weight excluding hydrogens is 480 g/mol. The van der Waals surface area contributed by atoms with Gasteiger partial charge >= 0.3 is 0 Å². The zero-order valence-corrected chi connectivity index (χ0v) is 21.1. The van der Waals surface area contributed by atoms with Crippen molar-refractivity contribution < 1.29 is 34.7 Å². The van der Waals surface area contributed by atoms with Crippen LogP contribution >= 0.6 is 0 Å². The van der Waals surface area contributed by atoms with E-state index in [0.29, 0.717) is 0 Å². The molecule has 0 N–H and O–H groups in total. The number of ether oxygens (including phenoxy) is 2. The first-order valence-electron chi connectivity index (χ1n) is 11.3. The number of rotatable bonds is 12. The van der Waals surface area contributed by atoms with Crippen LogP contribution in [0.25, 0.3) is 0 Å². The Morgan fingerprint density at radius 1 is 0.618 bits per heavy atom. The van der Waals surface area contributed by atoms with Crippen molar-refractivity contribution in [2.24, 2.45) is 0 Å². The van der Waals surface area contributed by atoms with Crippen LogP contribution in [0.4, 0.5) is 0 Å². The van der Waals surface area contributed by atoms with Crippen molar-refractivity contribution in [2.45, 2.75) is 61.5 Å². The minimum absolute atomic E-state index is 0.0999. The average molecular weight is 513 g/mol. The molecule has 0 heterocycles. The Morgan fingerprint density at radius 3 is 1.32 bits per heavy atom. The molecule has 1 fully saturated rings. The van der Waals surface area contributed by atoms with Crippen molar-refractivity contribution in [2.75, 3.05) is 26.4 Å². The molecule has 0 saturated heterocycles. The van der Waals surface area contributed by atoms with Crippen LogP contribution in [0.1, 0.15) is 36.8 Å². The minimum Gasteiger partial charge on any atom is -0.373 e. The summed E-state index contributed by atoms with van der Waals surface area (Å²) in [5.41, 5.74) is 1.92. The van der Waals surface area contributed by atoms with Gasteiger partial charge in [0.2, 0.25) is 0 Å². The fraction of sp³-hybridized carbons (Fsp3) is 0.500. The van der Waals surface area contributed by atoms with Gasteiger partial charge in [-0.15, -0.1) is 0 Å². The third-order valence-electron chi connectivity index (χ3n) is 5.57. The third-order valence-corrected chi connectivity index (χ3v) is 8.22. The lowest BCUT2D eigenvalue weighted by atomic mass is 9.94. The van der Waals surface area contributed by atoms with E-state index in [1.54, 1.807) is 24.3 Å². The van der Waals surface area contributed by atoms with E-state index in [-0.39, 0.29) is 48.4 Å². The summed E-state index contributed by atoms with van der Waals surface area (Å²) >= 11 is 0. The molecular formula is C24H32O8S2. The van der Waals surface area contributed by atoms with E-state index >= 15 is 0 Å². The second kappa shape index (κ2) is 12.2. The Kier molecular flexibility index (Phi) is 9.64. The lowest BCUT2D eigenvalue weighted by molar-refractivity contribution is -0.0994. The Hall–Kier alpha value is -1.82. The normalized spacial score (nSPS) is 19.2. The van der Waals surface area contributed by atoms with E-state index in [0.717, 1.165) is 36.8 Å². The lowest BCUT2D eigenvalue weighted by Gasteiger charge is -2.31. The molecule has 0 aromatic heterocycles. The molecule has 34 heavy (non-hydrogen) atoms. The predicted octanol–water partition coefficient (Wildman–Crippen LogP) is 3.76. The first-order chi connectivity index (χ1) is 16.2.